The molecule has 1 aromatic heterocycles. The van der Waals surface area contributed by atoms with Gasteiger partial charge in [0.1, 0.15) is 5.54 Å². The largest absolute Gasteiger partial charge is 0.479 e. The lowest BCUT2D eigenvalue weighted by molar-refractivity contribution is -0.148. The molecular weight excluding hydrogens is 286 g/mol. The van der Waals surface area contributed by atoms with Gasteiger partial charge >= 0.3 is 5.97 Å². The van der Waals surface area contributed by atoms with Crippen LogP contribution in [0.3, 0.4) is 0 Å². The highest BCUT2D eigenvalue weighted by Gasteiger charge is 2.46. The van der Waals surface area contributed by atoms with Crippen LogP contribution in [0.2, 0.25) is 0 Å². The average Bonchev–Trinajstić information content (AvgIpc) is 3.02. The molecule has 2 unspecified atom stereocenters. The molecule has 0 aliphatic heterocycles. The number of nitrogens with one attached hydrogen (secondary N) is 1. The molecule has 2 aliphatic rings. The highest BCUT2D eigenvalue weighted by molar-refractivity contribution is 7.14. The SMILES string of the molecule is CC1CCCCC1(NC(=O)c1cc2c(s1)CCC2)C(=O)O. The van der Waals surface area contributed by atoms with Crippen LogP contribution in [0.25, 0.3) is 0 Å². The fraction of sp³-hybridized carbons (Fsp3) is 0.625. The summed E-state index contributed by atoms with van der Waals surface area (Å²) in [6, 6.07) is 1.95. The molecule has 2 N–H and O–H groups in total. The highest BCUT2D eigenvalue weighted by Crippen LogP contribution is 2.35. The van der Waals surface area contributed by atoms with Crippen LogP contribution >= 0.6 is 11.3 Å². The van der Waals surface area contributed by atoms with Crippen LogP contribution in [0, 0.1) is 5.92 Å². The molecule has 0 bridgehead atoms. The van der Waals surface area contributed by atoms with E-state index in [1.165, 1.54) is 28.2 Å². The van der Waals surface area contributed by atoms with E-state index in [9.17, 15) is 14.7 Å². The van der Waals surface area contributed by atoms with Crippen LogP contribution in [0.15, 0.2) is 6.07 Å². The first-order chi connectivity index (χ1) is 10.0. The van der Waals surface area contributed by atoms with Gasteiger partial charge in [0, 0.05) is 4.88 Å². The van der Waals surface area contributed by atoms with E-state index in [-0.39, 0.29) is 11.8 Å². The predicted molar refractivity (Wildman–Crippen MR) is 81.8 cm³/mol. The van der Waals surface area contributed by atoms with Gasteiger partial charge in [0.2, 0.25) is 0 Å². The van der Waals surface area contributed by atoms with Crippen LogP contribution in [-0.2, 0) is 17.6 Å². The lowest BCUT2D eigenvalue weighted by Gasteiger charge is -2.39. The minimum absolute atomic E-state index is 0.0282. The molecule has 0 radical (unpaired) electrons. The molecule has 0 saturated heterocycles. The molecule has 1 fully saturated rings. The van der Waals surface area contributed by atoms with E-state index in [4.69, 9.17) is 0 Å². The summed E-state index contributed by atoms with van der Waals surface area (Å²) in [4.78, 5) is 26.2. The first kappa shape index (κ1) is 14.6. The Morgan fingerprint density at radius 3 is 2.81 bits per heavy atom. The number of fused-ring (bicyclic) bond motifs is 1. The second-order valence-electron chi connectivity index (χ2n) is 6.29. The van der Waals surface area contributed by atoms with Gasteiger partial charge in [0.05, 0.1) is 4.88 Å². The molecule has 21 heavy (non-hydrogen) atoms. The number of hydrogen-bond acceptors (Lipinski definition) is 3. The van der Waals surface area contributed by atoms with E-state index in [0.29, 0.717) is 11.3 Å². The van der Waals surface area contributed by atoms with Gasteiger partial charge in [0.25, 0.3) is 5.91 Å². The molecule has 2 aliphatic carbocycles. The van der Waals surface area contributed by atoms with Gasteiger partial charge in [-0.25, -0.2) is 4.79 Å². The van der Waals surface area contributed by atoms with Crippen molar-refractivity contribution in [1.29, 1.82) is 0 Å². The quantitative estimate of drug-likeness (QED) is 0.902. The zero-order valence-corrected chi connectivity index (χ0v) is 13.1. The van der Waals surface area contributed by atoms with Crippen LogP contribution in [0.1, 0.15) is 59.1 Å². The Hall–Kier alpha value is -1.36. The zero-order chi connectivity index (χ0) is 15.0. The summed E-state index contributed by atoms with van der Waals surface area (Å²) < 4.78 is 0. The molecular formula is C16H21NO3S. The van der Waals surface area contributed by atoms with Crippen molar-refractivity contribution < 1.29 is 14.7 Å². The van der Waals surface area contributed by atoms with E-state index in [1.54, 1.807) is 0 Å². The predicted octanol–water partition coefficient (Wildman–Crippen LogP) is 3.00. The molecule has 0 spiro atoms. The summed E-state index contributed by atoms with van der Waals surface area (Å²) >= 11 is 1.53. The van der Waals surface area contributed by atoms with E-state index in [1.807, 2.05) is 13.0 Å². The van der Waals surface area contributed by atoms with Crippen molar-refractivity contribution >= 4 is 23.2 Å². The molecule has 0 aromatic carbocycles. The maximum atomic E-state index is 12.5. The second kappa shape index (κ2) is 5.44. The Balaban J connectivity index is 1.82. The van der Waals surface area contributed by atoms with Crippen LogP contribution in [0.4, 0.5) is 0 Å². The number of thiophene rings is 1. The molecule has 114 valence electrons. The number of amides is 1. The standard InChI is InChI=1S/C16H21NO3S/c1-10-5-2-3-8-16(10,15(19)20)17-14(18)13-9-11-6-4-7-12(11)21-13/h9-10H,2-8H2,1H3,(H,17,18)(H,19,20). The topological polar surface area (TPSA) is 66.4 Å². The number of carbonyl (C=O) groups excluding carboxylic acids is 1. The van der Waals surface area contributed by atoms with Gasteiger partial charge in [-0.05, 0) is 49.7 Å². The summed E-state index contributed by atoms with van der Waals surface area (Å²) in [6.07, 6.45) is 6.54. The first-order valence-electron chi connectivity index (χ1n) is 7.70. The normalized spacial score (nSPS) is 28.1. The van der Waals surface area contributed by atoms with Crippen molar-refractivity contribution in [3.8, 4) is 0 Å². The van der Waals surface area contributed by atoms with Crippen molar-refractivity contribution in [2.75, 3.05) is 0 Å². The number of carbonyl (C=O) groups is 2. The van der Waals surface area contributed by atoms with Crippen molar-refractivity contribution in [1.82, 2.24) is 5.32 Å². The third-order valence-electron chi connectivity index (χ3n) is 4.99. The van der Waals surface area contributed by atoms with Crippen molar-refractivity contribution in [2.24, 2.45) is 5.92 Å². The van der Waals surface area contributed by atoms with Crippen molar-refractivity contribution in [2.45, 2.75) is 57.4 Å². The Morgan fingerprint density at radius 2 is 2.14 bits per heavy atom. The smallest absolute Gasteiger partial charge is 0.329 e. The maximum absolute atomic E-state index is 12.5. The number of hydrogen-bond donors (Lipinski definition) is 2. The summed E-state index contributed by atoms with van der Waals surface area (Å²) in [5.41, 5.74) is 0.176. The van der Waals surface area contributed by atoms with E-state index in [0.717, 1.165) is 32.1 Å². The van der Waals surface area contributed by atoms with E-state index < -0.39 is 11.5 Å². The summed E-state index contributed by atoms with van der Waals surface area (Å²) in [5, 5.41) is 12.5. The van der Waals surface area contributed by atoms with Crippen molar-refractivity contribution in [3.05, 3.63) is 21.4 Å². The summed E-state index contributed by atoms with van der Waals surface area (Å²) in [7, 11) is 0. The lowest BCUT2D eigenvalue weighted by atomic mass is 9.73. The monoisotopic (exact) mass is 307 g/mol. The number of aliphatic carboxylic acids is 1. The maximum Gasteiger partial charge on any atom is 0.329 e. The summed E-state index contributed by atoms with van der Waals surface area (Å²) in [6.45, 7) is 1.93. The van der Waals surface area contributed by atoms with Gasteiger partial charge in [-0.1, -0.05) is 19.8 Å². The number of rotatable bonds is 3. The average molecular weight is 307 g/mol. The van der Waals surface area contributed by atoms with Gasteiger partial charge < -0.3 is 10.4 Å². The minimum atomic E-state index is -1.09. The third kappa shape index (κ3) is 2.48. The Labute approximate surface area is 128 Å². The Bertz CT molecular complexity index is 559. The van der Waals surface area contributed by atoms with Crippen LogP contribution < -0.4 is 5.32 Å². The molecule has 1 amide bonds. The zero-order valence-electron chi connectivity index (χ0n) is 12.3. The Morgan fingerprint density at radius 1 is 1.33 bits per heavy atom. The Kier molecular flexibility index (Phi) is 3.78. The summed E-state index contributed by atoms with van der Waals surface area (Å²) in [5.74, 6) is -1.14. The third-order valence-corrected chi connectivity index (χ3v) is 6.22. The molecule has 4 nitrogen and oxygen atoms in total. The lowest BCUT2D eigenvalue weighted by Crippen LogP contribution is -2.59. The van der Waals surface area contributed by atoms with E-state index in [2.05, 4.69) is 5.32 Å². The van der Waals surface area contributed by atoms with E-state index >= 15 is 0 Å². The highest BCUT2D eigenvalue weighted by atomic mass is 32.1. The fourth-order valence-corrected chi connectivity index (χ4v) is 4.76. The van der Waals surface area contributed by atoms with Crippen LogP contribution in [0.5, 0.6) is 0 Å². The second-order valence-corrected chi connectivity index (χ2v) is 7.43. The van der Waals surface area contributed by atoms with Gasteiger partial charge in [0.15, 0.2) is 0 Å². The first-order valence-corrected chi connectivity index (χ1v) is 8.52. The minimum Gasteiger partial charge on any atom is -0.479 e. The molecule has 5 heteroatoms. The molecule has 3 rings (SSSR count). The van der Waals surface area contributed by atoms with Gasteiger partial charge in [-0.15, -0.1) is 11.3 Å². The molecule has 1 aromatic rings. The number of aryl methyl sites for hydroxylation is 2. The molecule has 1 saturated carbocycles. The molecule has 2 atom stereocenters. The number of carboxylic acids is 1. The van der Waals surface area contributed by atoms with Gasteiger partial charge in [-0.3, -0.25) is 4.79 Å². The molecule has 1 heterocycles. The number of carboxylic acid groups (broad SMARTS) is 1. The fourth-order valence-electron chi connectivity index (χ4n) is 3.61. The van der Waals surface area contributed by atoms with Gasteiger partial charge in [-0.2, -0.15) is 0 Å². The van der Waals surface area contributed by atoms with Crippen molar-refractivity contribution in [3.63, 3.8) is 0 Å². The van der Waals surface area contributed by atoms with Crippen LogP contribution in [-0.4, -0.2) is 22.5 Å².